The molecule has 0 saturated heterocycles. The van der Waals surface area contributed by atoms with Crippen LogP contribution in [0.2, 0.25) is 0 Å². The van der Waals surface area contributed by atoms with E-state index in [1.165, 1.54) is 13.3 Å². The number of halogens is 1. The van der Waals surface area contributed by atoms with Crippen molar-refractivity contribution >= 4 is 34.7 Å². The number of ether oxygens (including phenoxy) is 1. The zero-order chi connectivity index (χ0) is 16.1. The van der Waals surface area contributed by atoms with Crippen LogP contribution in [0.4, 0.5) is 0 Å². The minimum atomic E-state index is -0.281. The Morgan fingerprint density at radius 2 is 2.00 bits per heavy atom. The number of rotatable bonds is 4. The lowest BCUT2D eigenvalue weighted by Gasteiger charge is -2.06. The summed E-state index contributed by atoms with van der Waals surface area (Å²) in [6, 6.07) is 10.6. The Bertz CT molecular complexity index is 712. The normalized spacial score (nSPS) is 10.7. The Morgan fingerprint density at radius 1 is 1.32 bits per heavy atom. The number of amides is 1. The van der Waals surface area contributed by atoms with Crippen molar-refractivity contribution in [2.75, 3.05) is 7.11 Å². The van der Waals surface area contributed by atoms with E-state index in [0.717, 1.165) is 5.56 Å². The summed E-state index contributed by atoms with van der Waals surface area (Å²) in [6.45, 7) is 1.96. The first-order valence-electron chi connectivity index (χ1n) is 6.48. The smallest absolute Gasteiger partial charge is 0.271 e. The third-order valence-corrected chi connectivity index (χ3v) is 3.79. The highest BCUT2D eigenvalue weighted by Gasteiger charge is 2.07. The molecule has 22 heavy (non-hydrogen) atoms. The van der Waals surface area contributed by atoms with Crippen molar-refractivity contribution in [3.63, 3.8) is 0 Å². The summed E-state index contributed by atoms with van der Waals surface area (Å²) < 4.78 is 5.71. The Morgan fingerprint density at radius 3 is 2.64 bits per heavy atom. The summed E-state index contributed by atoms with van der Waals surface area (Å²) in [6.07, 6.45) is 1.50. The second-order valence-electron chi connectivity index (χ2n) is 4.62. The van der Waals surface area contributed by atoms with E-state index in [2.05, 4.69) is 10.5 Å². The van der Waals surface area contributed by atoms with Gasteiger partial charge in [0.15, 0.2) is 11.5 Å². The van der Waals surface area contributed by atoms with Crippen LogP contribution in [0.15, 0.2) is 41.5 Å². The number of phenols is 1. The van der Waals surface area contributed by atoms with Crippen molar-refractivity contribution in [1.29, 1.82) is 0 Å². The molecular weight excluding hydrogens is 395 g/mol. The van der Waals surface area contributed by atoms with Gasteiger partial charge in [-0.1, -0.05) is 17.7 Å². The van der Waals surface area contributed by atoms with Crippen molar-refractivity contribution in [2.45, 2.75) is 6.92 Å². The van der Waals surface area contributed by atoms with Gasteiger partial charge in [0.2, 0.25) is 0 Å². The second kappa shape index (κ2) is 7.26. The largest absolute Gasteiger partial charge is 0.504 e. The molecule has 0 unspecified atom stereocenters. The van der Waals surface area contributed by atoms with Crippen LogP contribution in [0.3, 0.4) is 0 Å². The lowest BCUT2D eigenvalue weighted by molar-refractivity contribution is 0.0955. The van der Waals surface area contributed by atoms with E-state index >= 15 is 0 Å². The number of nitrogens with zero attached hydrogens (tertiary/aromatic N) is 1. The van der Waals surface area contributed by atoms with Gasteiger partial charge in [0, 0.05) is 5.56 Å². The third-order valence-electron chi connectivity index (χ3n) is 2.96. The standard InChI is InChI=1S/C16H15IN2O3/c1-10-3-5-12(6-4-10)16(21)19-18-9-11-7-13(17)15(20)14(8-11)22-2/h3-9,20H,1-2H3,(H,19,21)/b18-9+. The molecule has 0 radical (unpaired) electrons. The van der Waals surface area contributed by atoms with E-state index in [1.807, 2.05) is 41.6 Å². The number of aryl methyl sites for hydroxylation is 1. The molecule has 2 N–H and O–H groups in total. The lowest BCUT2D eigenvalue weighted by atomic mass is 10.1. The Balaban J connectivity index is 2.08. The van der Waals surface area contributed by atoms with Crippen LogP contribution >= 0.6 is 22.6 Å². The lowest BCUT2D eigenvalue weighted by Crippen LogP contribution is -2.17. The van der Waals surface area contributed by atoms with Crippen molar-refractivity contribution in [3.8, 4) is 11.5 Å². The molecule has 2 aromatic carbocycles. The number of carbonyl (C=O) groups excluding carboxylic acids is 1. The summed E-state index contributed by atoms with van der Waals surface area (Å²) in [5.74, 6) is 0.166. The topological polar surface area (TPSA) is 70.9 Å². The molecule has 6 heteroatoms. The van der Waals surface area contributed by atoms with Crippen LogP contribution in [0.5, 0.6) is 11.5 Å². The first-order chi connectivity index (χ1) is 10.5. The molecule has 0 fully saturated rings. The molecule has 0 aliphatic carbocycles. The fraction of sp³-hybridized carbons (Fsp3) is 0.125. The van der Waals surface area contributed by atoms with Crippen LogP contribution < -0.4 is 10.2 Å². The summed E-state index contributed by atoms with van der Waals surface area (Å²) in [5, 5.41) is 13.7. The van der Waals surface area contributed by atoms with Gasteiger partial charge in [-0.15, -0.1) is 0 Å². The molecule has 0 aromatic heterocycles. The van der Waals surface area contributed by atoms with Crippen LogP contribution in [0, 0.1) is 10.5 Å². The predicted molar refractivity (Wildman–Crippen MR) is 93.6 cm³/mol. The quantitative estimate of drug-likeness (QED) is 0.463. The SMILES string of the molecule is COc1cc(/C=N/NC(=O)c2ccc(C)cc2)cc(I)c1O. The van der Waals surface area contributed by atoms with Crippen LogP contribution in [-0.2, 0) is 0 Å². The highest BCUT2D eigenvalue weighted by molar-refractivity contribution is 14.1. The molecule has 0 spiro atoms. The second-order valence-corrected chi connectivity index (χ2v) is 5.78. The van der Waals surface area contributed by atoms with E-state index in [0.29, 0.717) is 20.4 Å². The van der Waals surface area contributed by atoms with Crippen molar-refractivity contribution in [1.82, 2.24) is 5.43 Å². The number of hydrogen-bond acceptors (Lipinski definition) is 4. The van der Waals surface area contributed by atoms with Crippen molar-refractivity contribution < 1.29 is 14.6 Å². The average molecular weight is 410 g/mol. The molecule has 0 bridgehead atoms. The number of aromatic hydroxyl groups is 1. The molecule has 5 nitrogen and oxygen atoms in total. The first-order valence-corrected chi connectivity index (χ1v) is 7.55. The van der Waals surface area contributed by atoms with E-state index in [1.54, 1.807) is 24.3 Å². The summed E-state index contributed by atoms with van der Waals surface area (Å²) >= 11 is 2.00. The molecule has 0 saturated carbocycles. The average Bonchev–Trinajstić information content (AvgIpc) is 2.51. The van der Waals surface area contributed by atoms with Gasteiger partial charge in [0.1, 0.15) is 0 Å². The molecule has 2 aromatic rings. The summed E-state index contributed by atoms with van der Waals surface area (Å²) in [7, 11) is 1.48. The number of hydrazone groups is 1. The van der Waals surface area contributed by atoms with Crippen LogP contribution in [-0.4, -0.2) is 24.3 Å². The maximum absolute atomic E-state index is 11.9. The summed E-state index contributed by atoms with van der Waals surface area (Å²) in [4.78, 5) is 11.9. The molecule has 0 heterocycles. The molecule has 0 atom stereocenters. The number of hydrogen-bond donors (Lipinski definition) is 2. The van der Waals surface area contributed by atoms with Gasteiger partial charge in [0.05, 0.1) is 16.9 Å². The van der Waals surface area contributed by atoms with Crippen LogP contribution in [0.25, 0.3) is 0 Å². The number of nitrogens with one attached hydrogen (secondary N) is 1. The zero-order valence-electron chi connectivity index (χ0n) is 12.1. The molecule has 114 valence electrons. The number of phenolic OH excluding ortho intramolecular Hbond substituents is 1. The van der Waals surface area contributed by atoms with E-state index in [9.17, 15) is 9.90 Å². The van der Waals surface area contributed by atoms with Crippen molar-refractivity contribution in [3.05, 3.63) is 56.7 Å². The maximum Gasteiger partial charge on any atom is 0.271 e. The van der Waals surface area contributed by atoms with Gasteiger partial charge in [-0.05, 0) is 59.3 Å². The minimum Gasteiger partial charge on any atom is -0.504 e. The zero-order valence-corrected chi connectivity index (χ0v) is 14.3. The van der Waals surface area contributed by atoms with E-state index in [4.69, 9.17) is 4.74 Å². The van der Waals surface area contributed by atoms with Gasteiger partial charge >= 0.3 is 0 Å². The molecular formula is C16H15IN2O3. The molecule has 0 aliphatic rings. The van der Waals surface area contributed by atoms with Crippen LogP contribution in [0.1, 0.15) is 21.5 Å². The third kappa shape index (κ3) is 3.97. The maximum atomic E-state index is 11.9. The Labute approximate surface area is 142 Å². The van der Waals surface area contributed by atoms with E-state index in [-0.39, 0.29) is 11.7 Å². The fourth-order valence-electron chi connectivity index (χ4n) is 1.76. The fourth-order valence-corrected chi connectivity index (χ4v) is 2.38. The van der Waals surface area contributed by atoms with Gasteiger partial charge in [-0.25, -0.2) is 5.43 Å². The van der Waals surface area contributed by atoms with E-state index < -0.39 is 0 Å². The number of carbonyl (C=O) groups is 1. The predicted octanol–water partition coefficient (Wildman–Crippen LogP) is 3.08. The monoisotopic (exact) mass is 410 g/mol. The van der Waals surface area contributed by atoms with Gasteiger partial charge in [-0.2, -0.15) is 5.10 Å². The molecule has 2 rings (SSSR count). The Hall–Kier alpha value is -2.09. The van der Waals surface area contributed by atoms with Gasteiger partial charge < -0.3 is 9.84 Å². The Kier molecular flexibility index (Phi) is 5.37. The van der Waals surface area contributed by atoms with Gasteiger partial charge in [-0.3, -0.25) is 4.79 Å². The van der Waals surface area contributed by atoms with Gasteiger partial charge in [0.25, 0.3) is 5.91 Å². The first kappa shape index (κ1) is 16.3. The highest BCUT2D eigenvalue weighted by Crippen LogP contribution is 2.31. The minimum absolute atomic E-state index is 0.0870. The molecule has 0 aliphatic heterocycles. The van der Waals surface area contributed by atoms with Crippen molar-refractivity contribution in [2.24, 2.45) is 5.10 Å². The number of methoxy groups -OCH3 is 1. The molecule has 1 amide bonds. The highest BCUT2D eigenvalue weighted by atomic mass is 127. The number of benzene rings is 2. The summed E-state index contributed by atoms with van der Waals surface area (Å²) in [5.41, 5.74) is 4.81.